The fourth-order valence-corrected chi connectivity index (χ4v) is 5.48. The summed E-state index contributed by atoms with van der Waals surface area (Å²) in [6.07, 6.45) is 0. The second kappa shape index (κ2) is 13.3. The fourth-order valence-electron chi connectivity index (χ4n) is 3.68. The van der Waals surface area contributed by atoms with E-state index in [0.29, 0.717) is 17.3 Å². The Hall–Kier alpha value is -2.88. The van der Waals surface area contributed by atoms with E-state index in [1.165, 1.54) is 29.2 Å². The molecule has 3 rings (SSSR count). The highest BCUT2D eigenvalue weighted by atomic mass is 79.9. The first-order chi connectivity index (χ1) is 18.0. The van der Waals surface area contributed by atoms with E-state index in [-0.39, 0.29) is 23.3 Å². The van der Waals surface area contributed by atoms with Crippen molar-refractivity contribution in [2.24, 2.45) is 5.92 Å². The van der Waals surface area contributed by atoms with Crippen molar-refractivity contribution in [3.05, 3.63) is 93.9 Å². The molecule has 0 aliphatic carbocycles. The lowest BCUT2D eigenvalue weighted by Crippen LogP contribution is -2.51. The number of hydrogen-bond acceptors (Lipinski definition) is 4. The smallest absolute Gasteiger partial charge is 0.264 e. The van der Waals surface area contributed by atoms with E-state index in [1.54, 1.807) is 37.3 Å². The van der Waals surface area contributed by atoms with Gasteiger partial charge in [0.1, 0.15) is 12.6 Å². The first-order valence-corrected chi connectivity index (χ1v) is 14.7. The molecule has 0 aromatic heterocycles. The number of hydrogen-bond donors (Lipinski definition) is 1. The minimum absolute atomic E-state index is 0.000683. The molecule has 3 aromatic carbocycles. The largest absolute Gasteiger partial charge is 0.354 e. The number of para-hydroxylation sites is 1. The topological polar surface area (TPSA) is 86.8 Å². The molecule has 202 valence electrons. The normalized spacial score (nSPS) is 12.2. The number of halogens is 2. The number of carbonyl (C=O) groups excluding carboxylic acids is 2. The Morgan fingerprint density at radius 2 is 1.53 bits per heavy atom. The van der Waals surface area contributed by atoms with Crippen LogP contribution in [0.2, 0.25) is 5.02 Å². The molecule has 7 nitrogen and oxygen atoms in total. The molecule has 0 aliphatic heterocycles. The Morgan fingerprint density at radius 1 is 0.921 bits per heavy atom. The van der Waals surface area contributed by atoms with Crippen molar-refractivity contribution in [1.82, 2.24) is 10.2 Å². The van der Waals surface area contributed by atoms with Crippen molar-refractivity contribution < 1.29 is 18.0 Å². The summed E-state index contributed by atoms with van der Waals surface area (Å²) in [7, 11) is -4.12. The third-order valence-electron chi connectivity index (χ3n) is 5.84. The molecule has 0 unspecified atom stereocenters. The first kappa shape index (κ1) is 29.7. The third-order valence-corrected chi connectivity index (χ3v) is 8.41. The molecule has 0 fully saturated rings. The number of anilines is 1. The van der Waals surface area contributed by atoms with Gasteiger partial charge in [-0.1, -0.05) is 71.7 Å². The van der Waals surface area contributed by atoms with Crippen molar-refractivity contribution in [3.63, 3.8) is 0 Å². The van der Waals surface area contributed by atoms with Gasteiger partial charge in [-0.25, -0.2) is 8.42 Å². The lowest BCUT2D eigenvalue weighted by Gasteiger charge is -2.32. The van der Waals surface area contributed by atoms with E-state index >= 15 is 0 Å². The second-order valence-electron chi connectivity index (χ2n) is 9.26. The van der Waals surface area contributed by atoms with Crippen LogP contribution in [0.5, 0.6) is 0 Å². The Kier molecular flexibility index (Phi) is 10.4. The molecule has 1 atom stereocenters. The zero-order chi connectivity index (χ0) is 27.9. The Morgan fingerprint density at radius 3 is 2.11 bits per heavy atom. The first-order valence-electron chi connectivity index (χ1n) is 12.1. The maximum absolute atomic E-state index is 13.8. The molecule has 0 heterocycles. The summed E-state index contributed by atoms with van der Waals surface area (Å²) < 4.78 is 29.4. The highest BCUT2D eigenvalue weighted by Crippen LogP contribution is 2.25. The van der Waals surface area contributed by atoms with Gasteiger partial charge in [0.05, 0.1) is 10.6 Å². The van der Waals surface area contributed by atoms with Crippen molar-refractivity contribution in [2.75, 3.05) is 17.4 Å². The maximum Gasteiger partial charge on any atom is 0.264 e. The predicted octanol–water partition coefficient (Wildman–Crippen LogP) is 5.49. The van der Waals surface area contributed by atoms with Crippen LogP contribution in [0.15, 0.2) is 88.2 Å². The molecule has 0 saturated heterocycles. The van der Waals surface area contributed by atoms with Crippen LogP contribution in [0, 0.1) is 5.92 Å². The molecule has 0 spiro atoms. The summed E-state index contributed by atoms with van der Waals surface area (Å²) in [6.45, 7) is 5.71. The average Bonchev–Trinajstić information content (AvgIpc) is 2.90. The summed E-state index contributed by atoms with van der Waals surface area (Å²) in [5.41, 5.74) is 1.13. The number of sulfonamides is 1. The van der Waals surface area contributed by atoms with Gasteiger partial charge >= 0.3 is 0 Å². The SMILES string of the molecule is CC(C)CNC(=O)[C@@H](C)N(Cc1ccc(Br)cc1)C(=O)CN(c1ccccc1)S(=O)(=O)c1ccc(Cl)cc1. The molecular formula is C28H31BrClN3O4S. The van der Waals surface area contributed by atoms with Gasteiger partial charge in [-0.05, 0) is 66.9 Å². The van der Waals surface area contributed by atoms with E-state index in [9.17, 15) is 18.0 Å². The number of rotatable bonds is 11. The molecule has 0 aliphatic rings. The zero-order valence-corrected chi connectivity index (χ0v) is 24.6. The maximum atomic E-state index is 13.8. The van der Waals surface area contributed by atoms with Crippen LogP contribution in [0.25, 0.3) is 0 Å². The van der Waals surface area contributed by atoms with Crippen molar-refractivity contribution in [1.29, 1.82) is 0 Å². The summed E-state index contributed by atoms with van der Waals surface area (Å²) >= 11 is 9.38. The monoisotopic (exact) mass is 619 g/mol. The zero-order valence-electron chi connectivity index (χ0n) is 21.5. The van der Waals surface area contributed by atoms with Gasteiger partial charge in [-0.2, -0.15) is 0 Å². The van der Waals surface area contributed by atoms with Gasteiger partial charge in [0.2, 0.25) is 11.8 Å². The van der Waals surface area contributed by atoms with E-state index in [4.69, 9.17) is 11.6 Å². The van der Waals surface area contributed by atoms with Gasteiger partial charge < -0.3 is 10.2 Å². The van der Waals surface area contributed by atoms with E-state index < -0.39 is 28.5 Å². The van der Waals surface area contributed by atoms with Crippen molar-refractivity contribution >= 4 is 55.1 Å². The summed E-state index contributed by atoms with van der Waals surface area (Å²) in [6, 6.07) is 20.8. The fraction of sp³-hybridized carbons (Fsp3) is 0.286. The summed E-state index contributed by atoms with van der Waals surface area (Å²) in [4.78, 5) is 28.2. The third kappa shape index (κ3) is 7.82. The Balaban J connectivity index is 1.97. The highest BCUT2D eigenvalue weighted by Gasteiger charge is 2.32. The molecule has 3 aromatic rings. The minimum atomic E-state index is -4.12. The number of benzene rings is 3. The minimum Gasteiger partial charge on any atom is -0.354 e. The molecule has 10 heteroatoms. The van der Waals surface area contributed by atoms with Crippen molar-refractivity contribution in [3.8, 4) is 0 Å². The lowest BCUT2D eigenvalue weighted by atomic mass is 10.1. The number of nitrogens with one attached hydrogen (secondary N) is 1. The van der Waals surface area contributed by atoms with Gasteiger partial charge in [0.15, 0.2) is 0 Å². The average molecular weight is 621 g/mol. The molecule has 38 heavy (non-hydrogen) atoms. The van der Waals surface area contributed by atoms with Crippen LogP contribution >= 0.6 is 27.5 Å². The molecule has 0 bridgehead atoms. The quantitative estimate of drug-likeness (QED) is 0.307. The molecule has 1 N–H and O–H groups in total. The Bertz CT molecular complexity index is 1330. The van der Waals surface area contributed by atoms with Gasteiger partial charge in [-0.3, -0.25) is 13.9 Å². The standard InChI is InChI=1S/C28H31BrClN3O4S/c1-20(2)17-31-28(35)21(3)32(18-22-9-11-23(29)12-10-22)27(34)19-33(25-7-5-4-6-8-25)38(36,37)26-15-13-24(30)14-16-26/h4-16,20-21H,17-19H2,1-3H3,(H,31,35)/t21-/m1/s1. The van der Waals surface area contributed by atoms with Crippen LogP contribution in [-0.4, -0.2) is 44.3 Å². The second-order valence-corrected chi connectivity index (χ2v) is 12.5. The number of carbonyl (C=O) groups is 2. The molecule has 0 saturated carbocycles. The van der Waals surface area contributed by atoms with Crippen LogP contribution in [0.3, 0.4) is 0 Å². The van der Waals surface area contributed by atoms with Crippen LogP contribution < -0.4 is 9.62 Å². The lowest BCUT2D eigenvalue weighted by molar-refractivity contribution is -0.139. The van der Waals surface area contributed by atoms with Crippen LogP contribution in [0.1, 0.15) is 26.3 Å². The van der Waals surface area contributed by atoms with E-state index in [2.05, 4.69) is 21.2 Å². The highest BCUT2D eigenvalue weighted by molar-refractivity contribution is 9.10. The molecule has 0 radical (unpaired) electrons. The van der Waals surface area contributed by atoms with Gasteiger partial charge in [-0.15, -0.1) is 0 Å². The van der Waals surface area contributed by atoms with Gasteiger partial charge in [0, 0.05) is 22.6 Å². The predicted molar refractivity (Wildman–Crippen MR) is 154 cm³/mol. The number of nitrogens with zero attached hydrogens (tertiary/aromatic N) is 2. The Labute approximate surface area is 238 Å². The molecule has 2 amide bonds. The molecular weight excluding hydrogens is 590 g/mol. The van der Waals surface area contributed by atoms with Crippen LogP contribution in [-0.2, 0) is 26.2 Å². The van der Waals surface area contributed by atoms with Gasteiger partial charge in [0.25, 0.3) is 10.0 Å². The van der Waals surface area contributed by atoms with E-state index in [0.717, 1.165) is 14.3 Å². The summed E-state index contributed by atoms with van der Waals surface area (Å²) in [5.74, 6) is -0.586. The van der Waals surface area contributed by atoms with E-state index in [1.807, 2.05) is 38.1 Å². The van der Waals surface area contributed by atoms with Crippen molar-refractivity contribution in [2.45, 2.75) is 38.3 Å². The number of amides is 2. The summed E-state index contributed by atoms with van der Waals surface area (Å²) in [5, 5.41) is 3.27. The van der Waals surface area contributed by atoms with Crippen LogP contribution in [0.4, 0.5) is 5.69 Å².